The largest absolute Gasteiger partial charge is 0.314 e. The lowest BCUT2D eigenvalue weighted by atomic mass is 9.84. The Kier molecular flexibility index (Phi) is 5.68. The van der Waals surface area contributed by atoms with E-state index in [1.165, 1.54) is 48.7 Å². The zero-order chi connectivity index (χ0) is 14.6. The summed E-state index contributed by atoms with van der Waals surface area (Å²) >= 11 is 3.51. The van der Waals surface area contributed by atoms with Crippen LogP contribution in [0, 0.1) is 11.3 Å². The van der Waals surface area contributed by atoms with Crippen LogP contribution in [-0.2, 0) is 6.42 Å². The zero-order valence-corrected chi connectivity index (χ0v) is 14.7. The third-order valence-electron chi connectivity index (χ3n) is 4.01. The first-order valence-corrected chi connectivity index (χ1v) is 8.69. The summed E-state index contributed by atoms with van der Waals surface area (Å²) < 4.78 is 1.17. The van der Waals surface area contributed by atoms with Gasteiger partial charge in [-0.2, -0.15) is 0 Å². The van der Waals surface area contributed by atoms with E-state index in [9.17, 15) is 0 Å². The highest BCUT2D eigenvalue weighted by molar-refractivity contribution is 9.10. The molecule has 0 bridgehead atoms. The number of halogens is 1. The molecule has 0 saturated heterocycles. The highest BCUT2D eigenvalue weighted by Crippen LogP contribution is 2.26. The lowest BCUT2D eigenvalue weighted by molar-refractivity contribution is 0.313. The van der Waals surface area contributed by atoms with E-state index in [1.54, 1.807) is 0 Å². The molecule has 112 valence electrons. The molecule has 2 rings (SSSR count). The second-order valence-corrected chi connectivity index (χ2v) is 8.39. The molecule has 1 saturated carbocycles. The Balaban J connectivity index is 1.87. The van der Waals surface area contributed by atoms with Crippen LogP contribution in [0.2, 0.25) is 0 Å². The average molecular weight is 338 g/mol. The van der Waals surface area contributed by atoms with Gasteiger partial charge in [-0.1, -0.05) is 48.8 Å². The van der Waals surface area contributed by atoms with E-state index in [1.807, 2.05) is 0 Å². The summed E-state index contributed by atoms with van der Waals surface area (Å²) in [5.41, 5.74) is 1.90. The summed E-state index contributed by atoms with van der Waals surface area (Å²) in [6.07, 6.45) is 6.58. The maximum atomic E-state index is 3.72. The van der Waals surface area contributed by atoms with E-state index < -0.39 is 0 Å². The van der Waals surface area contributed by atoms with Gasteiger partial charge in [0.2, 0.25) is 0 Å². The molecular formula is C18H28BrN. The number of rotatable bonds is 7. The maximum Gasteiger partial charge on any atom is 0.0175 e. The lowest BCUT2D eigenvalue weighted by Gasteiger charge is -2.24. The first-order chi connectivity index (χ1) is 9.42. The van der Waals surface area contributed by atoms with Crippen LogP contribution < -0.4 is 5.32 Å². The highest BCUT2D eigenvalue weighted by atomic mass is 79.9. The lowest BCUT2D eigenvalue weighted by Crippen LogP contribution is -2.27. The van der Waals surface area contributed by atoms with Crippen LogP contribution in [-0.4, -0.2) is 12.6 Å². The first kappa shape index (κ1) is 16.0. The molecular weight excluding hydrogens is 310 g/mol. The molecule has 1 aromatic rings. The summed E-state index contributed by atoms with van der Waals surface area (Å²) in [6, 6.07) is 9.64. The van der Waals surface area contributed by atoms with Crippen molar-refractivity contribution >= 4 is 15.9 Å². The van der Waals surface area contributed by atoms with Gasteiger partial charge in [0.25, 0.3) is 0 Å². The summed E-state index contributed by atoms with van der Waals surface area (Å²) in [6.45, 7) is 8.21. The van der Waals surface area contributed by atoms with Gasteiger partial charge in [-0.05, 0) is 67.7 Å². The Morgan fingerprint density at radius 2 is 1.85 bits per heavy atom. The predicted molar refractivity (Wildman–Crippen MR) is 91.0 cm³/mol. The molecule has 20 heavy (non-hydrogen) atoms. The number of nitrogens with one attached hydrogen (secondary N) is 1. The molecule has 1 atom stereocenters. The minimum atomic E-state index is 0.442. The van der Waals surface area contributed by atoms with Crippen molar-refractivity contribution < 1.29 is 0 Å². The fourth-order valence-electron chi connectivity index (χ4n) is 2.49. The molecule has 0 heterocycles. The summed E-state index contributed by atoms with van der Waals surface area (Å²) in [5.74, 6) is 0.760. The molecule has 0 spiro atoms. The van der Waals surface area contributed by atoms with Crippen LogP contribution in [0.5, 0.6) is 0 Å². The molecule has 0 radical (unpaired) electrons. The Morgan fingerprint density at radius 3 is 2.40 bits per heavy atom. The third kappa shape index (κ3) is 6.41. The van der Waals surface area contributed by atoms with Crippen molar-refractivity contribution in [3.63, 3.8) is 0 Å². The molecule has 1 fully saturated rings. The molecule has 0 aromatic heterocycles. The van der Waals surface area contributed by atoms with Crippen molar-refractivity contribution in [3.05, 3.63) is 34.3 Å². The third-order valence-corrected chi connectivity index (χ3v) is 4.54. The number of hydrogen-bond donors (Lipinski definition) is 1. The van der Waals surface area contributed by atoms with E-state index in [0.717, 1.165) is 12.0 Å². The van der Waals surface area contributed by atoms with Gasteiger partial charge in [0.15, 0.2) is 0 Å². The van der Waals surface area contributed by atoms with E-state index in [0.29, 0.717) is 5.41 Å². The molecule has 1 aliphatic carbocycles. The molecule has 0 amide bonds. The Bertz CT molecular complexity index is 400. The first-order valence-electron chi connectivity index (χ1n) is 7.90. The summed E-state index contributed by atoms with van der Waals surface area (Å²) in [5, 5.41) is 3.72. The van der Waals surface area contributed by atoms with Crippen molar-refractivity contribution in [2.45, 2.75) is 58.9 Å². The Morgan fingerprint density at radius 1 is 1.20 bits per heavy atom. The average Bonchev–Trinajstić information content (AvgIpc) is 3.18. The van der Waals surface area contributed by atoms with Crippen molar-refractivity contribution in [2.24, 2.45) is 11.3 Å². The minimum absolute atomic E-state index is 0.442. The van der Waals surface area contributed by atoms with Crippen molar-refractivity contribution in [1.29, 1.82) is 0 Å². The second kappa shape index (κ2) is 7.09. The van der Waals surface area contributed by atoms with Gasteiger partial charge < -0.3 is 5.32 Å². The van der Waals surface area contributed by atoms with Crippen molar-refractivity contribution in [2.75, 3.05) is 6.54 Å². The molecule has 1 aliphatic rings. The van der Waals surface area contributed by atoms with Gasteiger partial charge in [-0.3, -0.25) is 0 Å². The summed E-state index contributed by atoms with van der Waals surface area (Å²) in [4.78, 5) is 0. The Labute approximate surface area is 132 Å². The van der Waals surface area contributed by atoms with E-state index >= 15 is 0 Å². The molecule has 0 aliphatic heterocycles. The van der Waals surface area contributed by atoms with Crippen LogP contribution in [0.3, 0.4) is 0 Å². The molecule has 1 aromatic carbocycles. The normalized spacial score (nSPS) is 17.2. The van der Waals surface area contributed by atoms with Crippen LogP contribution in [0.25, 0.3) is 0 Å². The SMILES string of the molecule is CC(C)(C)CCC(CNC1CC1)Cc1ccc(Br)cc1. The van der Waals surface area contributed by atoms with E-state index in [4.69, 9.17) is 0 Å². The topological polar surface area (TPSA) is 12.0 Å². The quantitative estimate of drug-likeness (QED) is 0.722. The van der Waals surface area contributed by atoms with Gasteiger partial charge in [0.05, 0.1) is 0 Å². The second-order valence-electron chi connectivity index (χ2n) is 7.48. The summed E-state index contributed by atoms with van der Waals surface area (Å²) in [7, 11) is 0. The highest BCUT2D eigenvalue weighted by Gasteiger charge is 2.23. The minimum Gasteiger partial charge on any atom is -0.314 e. The van der Waals surface area contributed by atoms with Crippen molar-refractivity contribution in [1.82, 2.24) is 5.32 Å². The predicted octanol–water partition coefficient (Wildman–Crippen LogP) is 5.19. The van der Waals surface area contributed by atoms with Crippen LogP contribution in [0.15, 0.2) is 28.7 Å². The fourth-order valence-corrected chi connectivity index (χ4v) is 2.75. The monoisotopic (exact) mass is 337 g/mol. The maximum absolute atomic E-state index is 3.72. The van der Waals surface area contributed by atoms with Crippen LogP contribution in [0.1, 0.15) is 52.0 Å². The van der Waals surface area contributed by atoms with Gasteiger partial charge in [0, 0.05) is 10.5 Å². The molecule has 1 N–H and O–H groups in total. The van der Waals surface area contributed by atoms with Gasteiger partial charge in [-0.25, -0.2) is 0 Å². The number of benzene rings is 1. The van der Waals surface area contributed by atoms with E-state index in [-0.39, 0.29) is 0 Å². The van der Waals surface area contributed by atoms with Gasteiger partial charge in [-0.15, -0.1) is 0 Å². The van der Waals surface area contributed by atoms with Crippen LogP contribution >= 0.6 is 15.9 Å². The molecule has 1 nitrogen and oxygen atoms in total. The Hall–Kier alpha value is -0.340. The van der Waals surface area contributed by atoms with Gasteiger partial charge in [0.1, 0.15) is 0 Å². The fraction of sp³-hybridized carbons (Fsp3) is 0.667. The van der Waals surface area contributed by atoms with E-state index in [2.05, 4.69) is 66.3 Å². The standard InChI is InChI=1S/C18H28BrN/c1-18(2,3)11-10-15(13-20-17-8-9-17)12-14-4-6-16(19)7-5-14/h4-7,15,17,20H,8-13H2,1-3H3. The zero-order valence-electron chi connectivity index (χ0n) is 13.1. The van der Waals surface area contributed by atoms with Gasteiger partial charge >= 0.3 is 0 Å². The van der Waals surface area contributed by atoms with Crippen molar-refractivity contribution in [3.8, 4) is 0 Å². The number of hydrogen-bond acceptors (Lipinski definition) is 1. The molecule has 2 heteroatoms. The smallest absolute Gasteiger partial charge is 0.0175 e. The molecule has 1 unspecified atom stereocenters. The van der Waals surface area contributed by atoms with Crippen LogP contribution in [0.4, 0.5) is 0 Å².